The number of benzene rings is 1. The molecule has 1 aromatic carbocycles. The Morgan fingerprint density at radius 2 is 1.78 bits per heavy atom. The fraction of sp³-hybridized carbons (Fsp3) is 0.462. The third-order valence-corrected chi connectivity index (χ3v) is 6.67. The van der Waals surface area contributed by atoms with Crippen LogP contribution in [0.4, 0.5) is 0 Å². The van der Waals surface area contributed by atoms with E-state index >= 15 is 0 Å². The van der Waals surface area contributed by atoms with Crippen LogP contribution in [0, 0.1) is 0 Å². The average molecular weight is 299 g/mol. The first-order chi connectivity index (χ1) is 8.58. The molecule has 0 fully saturated rings. The number of aromatic nitrogens is 1. The van der Waals surface area contributed by atoms with E-state index in [9.17, 15) is 0 Å². The molecule has 0 saturated carbocycles. The minimum atomic E-state index is 0.539. The van der Waals surface area contributed by atoms with Crippen LogP contribution in [-0.4, -0.2) is 21.4 Å². The first-order valence-corrected chi connectivity index (χ1v) is 8.99. The Balaban J connectivity index is 2.05. The van der Waals surface area contributed by atoms with E-state index in [0.717, 1.165) is 9.86 Å². The van der Waals surface area contributed by atoms with Crippen LogP contribution >= 0.6 is 33.1 Å². The van der Waals surface area contributed by atoms with Crippen LogP contribution in [0.15, 0.2) is 28.6 Å². The molecule has 0 amide bonds. The van der Waals surface area contributed by atoms with Crippen molar-refractivity contribution in [2.75, 3.05) is 0 Å². The summed E-state index contributed by atoms with van der Waals surface area (Å²) >= 11 is 1.77. The second-order valence-corrected chi connectivity index (χ2v) is 8.01. The van der Waals surface area contributed by atoms with Gasteiger partial charge in [-0.05, 0) is 61.6 Å². The molecule has 0 bridgehead atoms. The Hall–Kier alpha value is -0.230. The van der Waals surface area contributed by atoms with E-state index in [1.165, 1.54) is 4.70 Å². The Bertz CT molecular complexity index is 467. The zero-order valence-corrected chi connectivity index (χ0v) is 13.5. The van der Waals surface area contributed by atoms with E-state index < -0.39 is 0 Å². The highest BCUT2D eigenvalue weighted by Gasteiger charge is 2.15. The van der Waals surface area contributed by atoms with Gasteiger partial charge in [0.05, 0.1) is 10.2 Å². The summed E-state index contributed by atoms with van der Waals surface area (Å²) in [6.45, 7) is 8.91. The van der Waals surface area contributed by atoms with E-state index in [4.69, 9.17) is 0 Å². The van der Waals surface area contributed by atoms with Crippen molar-refractivity contribution in [1.82, 2.24) is 9.29 Å². The average Bonchev–Trinajstić information content (AvgIpc) is 2.70. The number of thiazole rings is 1. The lowest BCUT2D eigenvalue weighted by Crippen LogP contribution is -2.29. The molecule has 0 aliphatic rings. The predicted octanol–water partition coefficient (Wildman–Crippen LogP) is 5.07. The van der Waals surface area contributed by atoms with Gasteiger partial charge in [-0.15, -0.1) is 11.3 Å². The van der Waals surface area contributed by atoms with Crippen molar-refractivity contribution in [1.29, 1.82) is 0 Å². The van der Waals surface area contributed by atoms with Crippen molar-refractivity contribution < 1.29 is 0 Å². The SMILES string of the molecule is CC(C)N(SSc1nc2ccccc2s1)C(C)C. The second-order valence-electron chi connectivity index (χ2n) is 4.65. The van der Waals surface area contributed by atoms with Gasteiger partial charge >= 0.3 is 0 Å². The fourth-order valence-electron chi connectivity index (χ4n) is 1.73. The Labute approximate surface area is 121 Å². The van der Waals surface area contributed by atoms with Crippen LogP contribution in [0.2, 0.25) is 0 Å². The molecule has 0 unspecified atom stereocenters. The zero-order valence-electron chi connectivity index (χ0n) is 11.1. The summed E-state index contributed by atoms with van der Waals surface area (Å²) in [6.07, 6.45) is 0. The zero-order chi connectivity index (χ0) is 13.1. The summed E-state index contributed by atoms with van der Waals surface area (Å²) in [4.78, 5) is 4.64. The predicted molar refractivity (Wildman–Crippen MR) is 85.2 cm³/mol. The molecule has 2 aromatic rings. The molecule has 5 heteroatoms. The largest absolute Gasteiger partial charge is 0.236 e. The lowest BCUT2D eigenvalue weighted by molar-refractivity contribution is 0.339. The van der Waals surface area contributed by atoms with Crippen molar-refractivity contribution in [3.05, 3.63) is 24.3 Å². The molecule has 0 aliphatic carbocycles. The van der Waals surface area contributed by atoms with E-state index in [-0.39, 0.29) is 0 Å². The van der Waals surface area contributed by atoms with Crippen LogP contribution in [-0.2, 0) is 0 Å². The van der Waals surface area contributed by atoms with Crippen LogP contribution in [0.1, 0.15) is 27.7 Å². The summed E-state index contributed by atoms with van der Waals surface area (Å²) in [6, 6.07) is 9.39. The normalized spacial score (nSPS) is 12.2. The van der Waals surface area contributed by atoms with Gasteiger partial charge in [-0.3, -0.25) is 0 Å². The van der Waals surface area contributed by atoms with Gasteiger partial charge in [-0.25, -0.2) is 9.29 Å². The number of hydrogen-bond acceptors (Lipinski definition) is 5. The highest BCUT2D eigenvalue weighted by atomic mass is 33.1. The molecule has 1 heterocycles. The van der Waals surface area contributed by atoms with Crippen molar-refractivity contribution in [3.63, 3.8) is 0 Å². The van der Waals surface area contributed by atoms with Gasteiger partial charge in [0.1, 0.15) is 0 Å². The van der Waals surface area contributed by atoms with Gasteiger partial charge in [0.25, 0.3) is 0 Å². The van der Waals surface area contributed by atoms with Crippen molar-refractivity contribution in [3.8, 4) is 0 Å². The summed E-state index contributed by atoms with van der Waals surface area (Å²) in [5, 5.41) is 0. The smallest absolute Gasteiger partial charge is 0.162 e. The summed E-state index contributed by atoms with van der Waals surface area (Å²) in [5.74, 6) is 0. The lowest BCUT2D eigenvalue weighted by atomic mass is 10.3. The van der Waals surface area contributed by atoms with Crippen LogP contribution in [0.5, 0.6) is 0 Å². The quantitative estimate of drug-likeness (QED) is 0.565. The van der Waals surface area contributed by atoms with Gasteiger partial charge in [0.2, 0.25) is 0 Å². The summed E-state index contributed by atoms with van der Waals surface area (Å²) < 4.78 is 4.80. The minimum absolute atomic E-state index is 0.539. The van der Waals surface area contributed by atoms with Crippen LogP contribution < -0.4 is 0 Å². The highest BCUT2D eigenvalue weighted by molar-refractivity contribution is 8.76. The Morgan fingerprint density at radius 3 is 2.39 bits per heavy atom. The van der Waals surface area contributed by atoms with Crippen LogP contribution in [0.25, 0.3) is 10.2 Å². The van der Waals surface area contributed by atoms with Gasteiger partial charge in [-0.1, -0.05) is 12.1 Å². The van der Waals surface area contributed by atoms with Gasteiger partial charge in [0, 0.05) is 12.1 Å². The number of hydrogen-bond donors (Lipinski definition) is 0. The third-order valence-electron chi connectivity index (χ3n) is 2.49. The van der Waals surface area contributed by atoms with E-state index in [2.05, 4.69) is 55.2 Å². The molecule has 18 heavy (non-hydrogen) atoms. The topological polar surface area (TPSA) is 16.1 Å². The molecular weight excluding hydrogens is 280 g/mol. The van der Waals surface area contributed by atoms with E-state index in [1.54, 1.807) is 33.1 Å². The standard InChI is InChI=1S/C13H18N2S3/c1-9(2)15(10(3)4)18-17-13-14-11-7-5-6-8-12(11)16-13/h5-10H,1-4H3. The molecule has 1 aromatic heterocycles. The first kappa shape index (κ1) is 14.2. The minimum Gasteiger partial charge on any atom is -0.236 e. The molecule has 2 rings (SSSR count). The molecule has 0 spiro atoms. The Kier molecular flexibility index (Phi) is 4.95. The van der Waals surface area contributed by atoms with Gasteiger partial charge < -0.3 is 0 Å². The fourth-order valence-corrected chi connectivity index (χ4v) is 5.64. The first-order valence-electron chi connectivity index (χ1n) is 6.06. The lowest BCUT2D eigenvalue weighted by Gasteiger charge is -2.27. The molecule has 0 aliphatic heterocycles. The summed E-state index contributed by atoms with van der Waals surface area (Å²) in [5.41, 5.74) is 1.10. The molecule has 98 valence electrons. The van der Waals surface area contributed by atoms with Crippen molar-refractivity contribution in [2.45, 2.75) is 44.1 Å². The molecule has 2 nitrogen and oxygen atoms in total. The maximum Gasteiger partial charge on any atom is 0.162 e. The number of fused-ring (bicyclic) bond motifs is 1. The molecule has 0 N–H and O–H groups in total. The molecule has 0 atom stereocenters. The summed E-state index contributed by atoms with van der Waals surface area (Å²) in [7, 11) is 3.56. The molecular formula is C13H18N2S3. The number of para-hydroxylation sites is 1. The van der Waals surface area contributed by atoms with Crippen LogP contribution in [0.3, 0.4) is 0 Å². The number of nitrogens with zero attached hydrogens (tertiary/aromatic N) is 2. The van der Waals surface area contributed by atoms with E-state index in [1.807, 2.05) is 6.07 Å². The monoisotopic (exact) mass is 298 g/mol. The highest BCUT2D eigenvalue weighted by Crippen LogP contribution is 2.39. The van der Waals surface area contributed by atoms with E-state index in [0.29, 0.717) is 12.1 Å². The van der Waals surface area contributed by atoms with Crippen molar-refractivity contribution in [2.24, 2.45) is 0 Å². The Morgan fingerprint density at radius 1 is 1.11 bits per heavy atom. The number of rotatable bonds is 5. The molecule has 0 radical (unpaired) electrons. The van der Waals surface area contributed by atoms with Gasteiger partial charge in [-0.2, -0.15) is 0 Å². The second kappa shape index (κ2) is 6.28. The molecule has 0 saturated heterocycles. The maximum atomic E-state index is 4.64. The van der Waals surface area contributed by atoms with Gasteiger partial charge in [0.15, 0.2) is 4.34 Å². The van der Waals surface area contributed by atoms with Crippen molar-refractivity contribution >= 4 is 43.3 Å². The third kappa shape index (κ3) is 3.41. The maximum absolute atomic E-state index is 4.64.